The molecule has 0 spiro atoms. The third-order valence-corrected chi connectivity index (χ3v) is 1.63. The zero-order valence-corrected chi connectivity index (χ0v) is 6.13. The lowest BCUT2D eigenvalue weighted by Crippen LogP contribution is -2.07. The Morgan fingerprint density at radius 2 is 1.92 bits per heavy atom. The summed E-state index contributed by atoms with van der Waals surface area (Å²) in [4.78, 5) is 26.7. The number of aromatic amines is 2. The molecule has 0 aliphatic carbocycles. The maximum atomic E-state index is 10.8. The van der Waals surface area contributed by atoms with Crippen LogP contribution in [0.15, 0.2) is 34.0 Å². The molecular formula is C8H6N2O2. The van der Waals surface area contributed by atoms with Crippen LogP contribution in [0.4, 0.5) is 0 Å². The lowest BCUT2D eigenvalue weighted by Gasteiger charge is -1.93. The van der Waals surface area contributed by atoms with Crippen molar-refractivity contribution in [3.63, 3.8) is 0 Å². The van der Waals surface area contributed by atoms with Crippen molar-refractivity contribution in [1.82, 2.24) is 9.97 Å². The van der Waals surface area contributed by atoms with Gasteiger partial charge in [-0.05, 0) is 6.07 Å². The molecular weight excluding hydrogens is 156 g/mol. The molecule has 0 aliphatic heterocycles. The fourth-order valence-corrected chi connectivity index (χ4v) is 1.07. The Balaban J connectivity index is 2.97. The van der Waals surface area contributed by atoms with E-state index < -0.39 is 0 Å². The van der Waals surface area contributed by atoms with Crippen LogP contribution in [0.3, 0.4) is 0 Å². The highest BCUT2D eigenvalue weighted by molar-refractivity contribution is 5.76. The molecule has 0 unspecified atom stereocenters. The summed E-state index contributed by atoms with van der Waals surface area (Å²) in [7, 11) is 0. The van der Waals surface area contributed by atoms with Crippen molar-refractivity contribution in [2.24, 2.45) is 0 Å². The van der Waals surface area contributed by atoms with Crippen molar-refractivity contribution < 1.29 is 0 Å². The number of pyridine rings is 2. The van der Waals surface area contributed by atoms with Crippen LogP contribution in [0.25, 0.3) is 10.9 Å². The molecule has 2 aromatic rings. The summed E-state index contributed by atoms with van der Waals surface area (Å²) in [5, 5.41) is 0.735. The van der Waals surface area contributed by atoms with Crippen LogP contribution in [0.5, 0.6) is 0 Å². The maximum Gasteiger partial charge on any atom is 0.248 e. The second kappa shape index (κ2) is 2.34. The fraction of sp³-hybridized carbons (Fsp3) is 0. The average Bonchev–Trinajstić information content (AvgIpc) is 2.05. The topological polar surface area (TPSA) is 65.7 Å². The van der Waals surface area contributed by atoms with Crippen molar-refractivity contribution >= 4 is 10.9 Å². The lowest BCUT2D eigenvalue weighted by molar-refractivity contribution is 1.22. The first kappa shape index (κ1) is 6.84. The number of rotatable bonds is 0. The Labute approximate surface area is 66.9 Å². The van der Waals surface area contributed by atoms with E-state index in [4.69, 9.17) is 0 Å². The van der Waals surface area contributed by atoms with E-state index in [1.165, 1.54) is 18.3 Å². The van der Waals surface area contributed by atoms with Gasteiger partial charge in [-0.3, -0.25) is 9.59 Å². The summed E-state index contributed by atoms with van der Waals surface area (Å²) >= 11 is 0. The Kier molecular flexibility index (Phi) is 1.33. The molecule has 0 fully saturated rings. The van der Waals surface area contributed by atoms with Crippen LogP contribution in [0.1, 0.15) is 0 Å². The van der Waals surface area contributed by atoms with Crippen molar-refractivity contribution in [1.29, 1.82) is 0 Å². The summed E-state index contributed by atoms with van der Waals surface area (Å²) in [5.74, 6) is 0. The molecule has 0 bridgehead atoms. The van der Waals surface area contributed by atoms with Crippen molar-refractivity contribution in [2.75, 3.05) is 0 Å². The normalized spacial score (nSPS) is 10.3. The largest absolute Gasteiger partial charge is 0.327 e. The van der Waals surface area contributed by atoms with Gasteiger partial charge < -0.3 is 9.97 Å². The minimum absolute atomic E-state index is 0.172. The second-order valence-electron chi connectivity index (χ2n) is 2.49. The maximum absolute atomic E-state index is 10.8. The first-order valence-corrected chi connectivity index (χ1v) is 3.47. The van der Waals surface area contributed by atoms with Gasteiger partial charge in [0.1, 0.15) is 0 Å². The monoisotopic (exact) mass is 162 g/mol. The molecule has 0 atom stereocenters. The van der Waals surface area contributed by atoms with Gasteiger partial charge in [0.25, 0.3) is 0 Å². The molecule has 0 radical (unpaired) electrons. The molecule has 2 heterocycles. The number of H-pyrrole nitrogens is 2. The van der Waals surface area contributed by atoms with Crippen molar-refractivity contribution in [3.8, 4) is 0 Å². The quantitative estimate of drug-likeness (QED) is 0.581. The molecule has 60 valence electrons. The molecule has 0 amide bonds. The van der Waals surface area contributed by atoms with E-state index >= 15 is 0 Å². The van der Waals surface area contributed by atoms with Gasteiger partial charge >= 0.3 is 0 Å². The zero-order valence-electron chi connectivity index (χ0n) is 6.13. The summed E-state index contributed by atoms with van der Waals surface area (Å²) in [5.41, 5.74) is 0.297. The first-order chi connectivity index (χ1) is 5.75. The van der Waals surface area contributed by atoms with Gasteiger partial charge in [-0.25, -0.2) is 0 Å². The summed E-state index contributed by atoms with van der Waals surface area (Å²) in [6.45, 7) is 0. The average molecular weight is 162 g/mol. The van der Waals surface area contributed by atoms with E-state index in [0.29, 0.717) is 5.52 Å². The Morgan fingerprint density at radius 3 is 2.75 bits per heavy atom. The van der Waals surface area contributed by atoms with Crippen LogP contribution in [-0.2, 0) is 0 Å². The van der Waals surface area contributed by atoms with E-state index in [9.17, 15) is 9.59 Å². The van der Waals surface area contributed by atoms with Crippen LogP contribution >= 0.6 is 0 Å². The minimum atomic E-state index is -0.172. The first-order valence-electron chi connectivity index (χ1n) is 3.47. The van der Waals surface area contributed by atoms with E-state index in [2.05, 4.69) is 9.97 Å². The third-order valence-electron chi connectivity index (χ3n) is 1.63. The van der Waals surface area contributed by atoms with Crippen LogP contribution < -0.4 is 11.1 Å². The van der Waals surface area contributed by atoms with Crippen molar-refractivity contribution in [3.05, 3.63) is 45.1 Å². The zero-order chi connectivity index (χ0) is 8.55. The molecule has 0 aliphatic rings. The lowest BCUT2D eigenvalue weighted by atomic mass is 10.3. The molecule has 12 heavy (non-hydrogen) atoms. The number of fused-ring (bicyclic) bond motifs is 1. The molecule has 0 saturated heterocycles. The van der Waals surface area contributed by atoms with E-state index in [1.54, 1.807) is 6.07 Å². The van der Waals surface area contributed by atoms with Gasteiger partial charge in [0, 0.05) is 23.7 Å². The Morgan fingerprint density at radius 1 is 1.08 bits per heavy atom. The molecule has 2 rings (SSSR count). The van der Waals surface area contributed by atoms with E-state index in [-0.39, 0.29) is 11.1 Å². The molecule has 4 heteroatoms. The van der Waals surface area contributed by atoms with Crippen LogP contribution in [0.2, 0.25) is 0 Å². The van der Waals surface area contributed by atoms with Crippen molar-refractivity contribution in [2.45, 2.75) is 0 Å². The number of nitrogens with one attached hydrogen (secondary N) is 2. The molecule has 4 nitrogen and oxygen atoms in total. The van der Waals surface area contributed by atoms with Crippen LogP contribution in [0, 0.1) is 0 Å². The third kappa shape index (κ3) is 1.03. The predicted molar refractivity (Wildman–Crippen MR) is 45.2 cm³/mol. The molecule has 2 N–H and O–H groups in total. The second-order valence-corrected chi connectivity index (χ2v) is 2.49. The molecule has 0 saturated carbocycles. The van der Waals surface area contributed by atoms with Gasteiger partial charge in [0.15, 0.2) is 0 Å². The van der Waals surface area contributed by atoms with Gasteiger partial charge in [-0.15, -0.1) is 0 Å². The SMILES string of the molecule is O=c1cc2ccc(=O)[nH]c2c[nH]1. The summed E-state index contributed by atoms with van der Waals surface area (Å²) < 4.78 is 0. The smallest absolute Gasteiger partial charge is 0.248 e. The van der Waals surface area contributed by atoms with Gasteiger partial charge in [0.05, 0.1) is 5.52 Å². The highest BCUT2D eigenvalue weighted by Gasteiger charge is 1.92. The van der Waals surface area contributed by atoms with Gasteiger partial charge in [0.2, 0.25) is 11.1 Å². The number of hydrogen-bond donors (Lipinski definition) is 2. The van der Waals surface area contributed by atoms with E-state index in [0.717, 1.165) is 5.39 Å². The van der Waals surface area contributed by atoms with Gasteiger partial charge in [-0.1, -0.05) is 0 Å². The summed E-state index contributed by atoms with van der Waals surface area (Å²) in [6.07, 6.45) is 1.49. The molecule has 2 aromatic heterocycles. The van der Waals surface area contributed by atoms with Gasteiger partial charge in [-0.2, -0.15) is 0 Å². The van der Waals surface area contributed by atoms with Crippen LogP contribution in [-0.4, -0.2) is 9.97 Å². The number of hydrogen-bond acceptors (Lipinski definition) is 2. The van der Waals surface area contributed by atoms with E-state index in [1.807, 2.05) is 0 Å². The Bertz CT molecular complexity index is 475. The number of aromatic nitrogens is 2. The fourth-order valence-electron chi connectivity index (χ4n) is 1.07. The minimum Gasteiger partial charge on any atom is -0.327 e. The predicted octanol–water partition coefficient (Wildman–Crippen LogP) is 0.216. The highest BCUT2D eigenvalue weighted by Crippen LogP contribution is 2.01. The standard InChI is InChI=1S/C8H6N2O2/c11-7-2-1-5-3-8(12)9-4-6(5)10-7/h1-4H,(H,9,12)(H,10,11). The molecule has 0 aromatic carbocycles. The summed E-state index contributed by atoms with van der Waals surface area (Å²) in [6, 6.07) is 4.44. The highest BCUT2D eigenvalue weighted by atomic mass is 16.1. The Hall–Kier alpha value is -1.84.